The predicted octanol–water partition coefficient (Wildman–Crippen LogP) is 4.24. The van der Waals surface area contributed by atoms with Gasteiger partial charge in [0, 0.05) is 17.1 Å². The number of methoxy groups -OCH3 is 2. The van der Waals surface area contributed by atoms with Crippen LogP contribution >= 0.6 is 11.6 Å². The Labute approximate surface area is 141 Å². The Hall–Kier alpha value is -2.20. The van der Waals surface area contributed by atoms with E-state index < -0.39 is 0 Å². The molecule has 4 nitrogen and oxygen atoms in total. The van der Waals surface area contributed by atoms with Gasteiger partial charge >= 0.3 is 0 Å². The fourth-order valence-corrected chi connectivity index (χ4v) is 2.37. The molecule has 0 saturated heterocycles. The third kappa shape index (κ3) is 4.63. The fraction of sp³-hybridized carbons (Fsp3) is 0.278. The summed E-state index contributed by atoms with van der Waals surface area (Å²) >= 11 is 6.06. The van der Waals surface area contributed by atoms with Crippen LogP contribution in [-0.4, -0.2) is 20.1 Å². The van der Waals surface area contributed by atoms with Crippen LogP contribution < -0.4 is 14.8 Å². The average Bonchev–Trinajstić information content (AvgIpc) is 2.56. The first-order chi connectivity index (χ1) is 11.0. The number of amides is 1. The lowest BCUT2D eigenvalue weighted by atomic mass is 10.1. The number of hydrogen-bond donors (Lipinski definition) is 1. The Bertz CT molecular complexity index is 701. The standard InChI is InChI=1S/C18H20ClNO3/c1-12-4-7-14(11-15(12)19)20-18(21)9-6-13-5-8-16(22-2)17(10-13)23-3/h4-5,7-8,10-11H,6,9H2,1-3H3,(H,20,21). The zero-order valence-corrected chi connectivity index (χ0v) is 14.2. The molecule has 122 valence electrons. The third-order valence-corrected chi connectivity index (χ3v) is 3.95. The van der Waals surface area contributed by atoms with Gasteiger partial charge in [0.1, 0.15) is 0 Å². The number of rotatable bonds is 6. The van der Waals surface area contributed by atoms with Gasteiger partial charge in [-0.05, 0) is 48.7 Å². The van der Waals surface area contributed by atoms with Crippen molar-refractivity contribution in [2.45, 2.75) is 19.8 Å². The van der Waals surface area contributed by atoms with E-state index in [1.54, 1.807) is 20.3 Å². The number of carbonyl (C=O) groups is 1. The van der Waals surface area contributed by atoms with E-state index in [4.69, 9.17) is 21.1 Å². The van der Waals surface area contributed by atoms with Gasteiger partial charge in [0.25, 0.3) is 0 Å². The summed E-state index contributed by atoms with van der Waals surface area (Å²) in [6, 6.07) is 11.1. The second kappa shape index (κ2) is 7.88. The summed E-state index contributed by atoms with van der Waals surface area (Å²) in [6.45, 7) is 1.92. The van der Waals surface area contributed by atoms with Gasteiger partial charge in [0.2, 0.25) is 5.91 Å². The molecule has 0 unspecified atom stereocenters. The highest BCUT2D eigenvalue weighted by atomic mass is 35.5. The first-order valence-corrected chi connectivity index (χ1v) is 7.68. The van der Waals surface area contributed by atoms with Crippen molar-refractivity contribution in [3.63, 3.8) is 0 Å². The molecule has 0 bridgehead atoms. The highest BCUT2D eigenvalue weighted by Crippen LogP contribution is 2.28. The molecule has 2 aromatic carbocycles. The molecule has 5 heteroatoms. The van der Waals surface area contributed by atoms with Crippen LogP contribution in [0.3, 0.4) is 0 Å². The minimum absolute atomic E-state index is 0.0558. The van der Waals surface area contributed by atoms with Gasteiger partial charge in [-0.2, -0.15) is 0 Å². The molecule has 0 aliphatic heterocycles. The van der Waals surface area contributed by atoms with E-state index in [1.807, 2.05) is 37.3 Å². The normalized spacial score (nSPS) is 10.3. The lowest BCUT2D eigenvalue weighted by Gasteiger charge is -2.10. The molecule has 0 heterocycles. The summed E-state index contributed by atoms with van der Waals surface area (Å²) in [5.41, 5.74) is 2.70. The smallest absolute Gasteiger partial charge is 0.224 e. The van der Waals surface area contributed by atoms with E-state index in [1.165, 1.54) is 0 Å². The minimum Gasteiger partial charge on any atom is -0.493 e. The number of anilines is 1. The Morgan fingerprint density at radius 2 is 1.83 bits per heavy atom. The van der Waals surface area contributed by atoms with Crippen molar-refractivity contribution in [1.82, 2.24) is 0 Å². The number of hydrogen-bond acceptors (Lipinski definition) is 3. The highest BCUT2D eigenvalue weighted by Gasteiger charge is 2.08. The van der Waals surface area contributed by atoms with Crippen LogP contribution in [0.15, 0.2) is 36.4 Å². The van der Waals surface area contributed by atoms with Crippen molar-refractivity contribution in [2.24, 2.45) is 0 Å². The molecule has 0 aliphatic rings. The van der Waals surface area contributed by atoms with E-state index in [0.717, 1.165) is 11.1 Å². The van der Waals surface area contributed by atoms with E-state index in [0.29, 0.717) is 35.1 Å². The van der Waals surface area contributed by atoms with Gasteiger partial charge < -0.3 is 14.8 Å². The number of benzene rings is 2. The van der Waals surface area contributed by atoms with Crippen molar-refractivity contribution in [1.29, 1.82) is 0 Å². The van der Waals surface area contributed by atoms with Crippen LogP contribution in [0.25, 0.3) is 0 Å². The topological polar surface area (TPSA) is 47.6 Å². The van der Waals surface area contributed by atoms with Gasteiger partial charge in [-0.1, -0.05) is 23.7 Å². The average molecular weight is 334 g/mol. The van der Waals surface area contributed by atoms with E-state index in [-0.39, 0.29) is 5.91 Å². The molecular weight excluding hydrogens is 314 g/mol. The molecule has 0 aromatic heterocycles. The van der Waals surface area contributed by atoms with Gasteiger partial charge in [-0.3, -0.25) is 4.79 Å². The quantitative estimate of drug-likeness (QED) is 0.860. The lowest BCUT2D eigenvalue weighted by Crippen LogP contribution is -2.12. The second-order valence-corrected chi connectivity index (χ2v) is 5.61. The maximum atomic E-state index is 12.0. The summed E-state index contributed by atoms with van der Waals surface area (Å²) in [5, 5.41) is 3.49. The Morgan fingerprint density at radius 3 is 2.48 bits per heavy atom. The summed E-state index contributed by atoms with van der Waals surface area (Å²) in [7, 11) is 3.19. The van der Waals surface area contributed by atoms with Crippen molar-refractivity contribution in [3.05, 3.63) is 52.5 Å². The van der Waals surface area contributed by atoms with Crippen molar-refractivity contribution in [2.75, 3.05) is 19.5 Å². The second-order valence-electron chi connectivity index (χ2n) is 5.20. The molecule has 0 atom stereocenters. The van der Waals surface area contributed by atoms with Crippen molar-refractivity contribution in [3.8, 4) is 11.5 Å². The maximum absolute atomic E-state index is 12.0. The van der Waals surface area contributed by atoms with E-state index in [2.05, 4.69) is 5.32 Å². The molecule has 2 rings (SSSR count). The van der Waals surface area contributed by atoms with E-state index >= 15 is 0 Å². The third-order valence-electron chi connectivity index (χ3n) is 3.54. The Balaban J connectivity index is 1.95. The monoisotopic (exact) mass is 333 g/mol. The fourth-order valence-electron chi connectivity index (χ4n) is 2.19. The molecule has 2 aromatic rings. The molecule has 0 saturated carbocycles. The zero-order valence-electron chi connectivity index (χ0n) is 13.5. The molecule has 23 heavy (non-hydrogen) atoms. The van der Waals surface area contributed by atoms with Crippen molar-refractivity contribution < 1.29 is 14.3 Å². The van der Waals surface area contributed by atoms with Crippen LogP contribution in [0.4, 0.5) is 5.69 Å². The van der Waals surface area contributed by atoms with Crippen LogP contribution in [-0.2, 0) is 11.2 Å². The highest BCUT2D eigenvalue weighted by molar-refractivity contribution is 6.31. The van der Waals surface area contributed by atoms with Gasteiger partial charge in [-0.25, -0.2) is 0 Å². The molecule has 0 aliphatic carbocycles. The summed E-state index contributed by atoms with van der Waals surface area (Å²) < 4.78 is 10.5. The molecule has 1 amide bonds. The number of carbonyl (C=O) groups excluding carboxylic acids is 1. The number of ether oxygens (including phenoxy) is 2. The van der Waals surface area contributed by atoms with Crippen molar-refractivity contribution >= 4 is 23.2 Å². The first kappa shape index (κ1) is 17.2. The van der Waals surface area contributed by atoms with E-state index in [9.17, 15) is 4.79 Å². The first-order valence-electron chi connectivity index (χ1n) is 7.30. The molecule has 0 fully saturated rings. The number of aryl methyl sites for hydroxylation is 2. The summed E-state index contributed by atoms with van der Waals surface area (Å²) in [4.78, 5) is 12.0. The Morgan fingerprint density at radius 1 is 1.09 bits per heavy atom. The van der Waals surface area contributed by atoms with Crippen LogP contribution in [0.5, 0.6) is 11.5 Å². The minimum atomic E-state index is -0.0558. The molecule has 1 N–H and O–H groups in total. The lowest BCUT2D eigenvalue weighted by molar-refractivity contribution is -0.116. The van der Waals surface area contributed by atoms with Gasteiger partial charge in [-0.15, -0.1) is 0 Å². The number of nitrogens with one attached hydrogen (secondary N) is 1. The molecule has 0 radical (unpaired) electrons. The SMILES string of the molecule is COc1ccc(CCC(=O)Nc2ccc(C)c(Cl)c2)cc1OC. The van der Waals surface area contributed by atoms with Gasteiger partial charge in [0.15, 0.2) is 11.5 Å². The predicted molar refractivity (Wildman–Crippen MR) is 92.7 cm³/mol. The number of halogens is 1. The Kier molecular flexibility index (Phi) is 5.88. The zero-order chi connectivity index (χ0) is 16.8. The molecule has 0 spiro atoms. The molecular formula is C18H20ClNO3. The van der Waals surface area contributed by atoms with Crippen LogP contribution in [0.1, 0.15) is 17.5 Å². The van der Waals surface area contributed by atoms with Gasteiger partial charge in [0.05, 0.1) is 14.2 Å². The maximum Gasteiger partial charge on any atom is 0.224 e. The summed E-state index contributed by atoms with van der Waals surface area (Å²) in [6.07, 6.45) is 0.993. The van der Waals surface area contributed by atoms with Crippen LogP contribution in [0.2, 0.25) is 5.02 Å². The van der Waals surface area contributed by atoms with Crippen LogP contribution in [0, 0.1) is 6.92 Å². The summed E-state index contributed by atoms with van der Waals surface area (Å²) in [5.74, 6) is 1.28. The largest absolute Gasteiger partial charge is 0.493 e.